The SMILES string of the molecule is O=C(O)[C@@H]1CCN(S(=O)(=O)c2ccccc2Cl)C1. The first-order valence-electron chi connectivity index (χ1n) is 5.40. The zero-order chi connectivity index (χ0) is 13.3. The molecule has 7 heteroatoms. The van der Waals surface area contributed by atoms with Crippen LogP contribution in [-0.2, 0) is 14.8 Å². The second-order valence-electron chi connectivity index (χ2n) is 4.12. The highest BCUT2D eigenvalue weighted by Gasteiger charge is 2.36. The first-order valence-corrected chi connectivity index (χ1v) is 7.22. The molecule has 0 unspecified atom stereocenters. The summed E-state index contributed by atoms with van der Waals surface area (Å²) in [6.07, 6.45) is 0.332. The number of nitrogens with zero attached hydrogens (tertiary/aromatic N) is 1. The Morgan fingerprint density at radius 1 is 1.39 bits per heavy atom. The van der Waals surface area contributed by atoms with Crippen molar-refractivity contribution in [3.05, 3.63) is 29.3 Å². The molecule has 1 N–H and O–H groups in total. The molecular weight excluding hydrogens is 278 g/mol. The summed E-state index contributed by atoms with van der Waals surface area (Å²) in [5.74, 6) is -1.60. The van der Waals surface area contributed by atoms with Crippen molar-refractivity contribution in [3.8, 4) is 0 Å². The van der Waals surface area contributed by atoms with Crippen molar-refractivity contribution in [1.82, 2.24) is 4.31 Å². The van der Waals surface area contributed by atoms with E-state index in [1.165, 1.54) is 16.4 Å². The smallest absolute Gasteiger partial charge is 0.307 e. The van der Waals surface area contributed by atoms with E-state index < -0.39 is 21.9 Å². The normalized spacial score (nSPS) is 21.1. The molecule has 2 rings (SSSR count). The van der Waals surface area contributed by atoms with Gasteiger partial charge >= 0.3 is 5.97 Å². The molecule has 5 nitrogen and oxygen atoms in total. The molecule has 1 atom stereocenters. The summed E-state index contributed by atoms with van der Waals surface area (Å²) in [6.45, 7) is 0.216. The summed E-state index contributed by atoms with van der Waals surface area (Å²) < 4.78 is 25.7. The molecule has 1 fully saturated rings. The number of halogens is 1. The predicted molar refractivity (Wildman–Crippen MR) is 66.0 cm³/mol. The van der Waals surface area contributed by atoms with Crippen LogP contribution in [0.1, 0.15) is 6.42 Å². The summed E-state index contributed by atoms with van der Waals surface area (Å²) in [6, 6.07) is 6.15. The minimum absolute atomic E-state index is 0.00287. The van der Waals surface area contributed by atoms with E-state index >= 15 is 0 Å². The molecule has 1 heterocycles. The maximum absolute atomic E-state index is 12.3. The lowest BCUT2D eigenvalue weighted by Crippen LogP contribution is -2.30. The third-order valence-electron chi connectivity index (χ3n) is 2.95. The number of hydrogen-bond donors (Lipinski definition) is 1. The largest absolute Gasteiger partial charge is 0.481 e. The van der Waals surface area contributed by atoms with Gasteiger partial charge in [0.2, 0.25) is 10.0 Å². The predicted octanol–water partition coefficient (Wildman–Crippen LogP) is 1.44. The summed E-state index contributed by atoms with van der Waals surface area (Å²) in [7, 11) is -3.70. The number of benzene rings is 1. The van der Waals surface area contributed by atoms with E-state index in [0.717, 1.165) is 0 Å². The molecule has 1 aromatic rings. The zero-order valence-corrected chi connectivity index (χ0v) is 11.0. The van der Waals surface area contributed by atoms with Gasteiger partial charge in [0.15, 0.2) is 0 Å². The van der Waals surface area contributed by atoms with Gasteiger partial charge in [-0.15, -0.1) is 0 Å². The van der Waals surface area contributed by atoms with Crippen molar-refractivity contribution in [2.45, 2.75) is 11.3 Å². The lowest BCUT2D eigenvalue weighted by molar-refractivity contribution is -0.141. The van der Waals surface area contributed by atoms with Crippen LogP contribution in [0.5, 0.6) is 0 Å². The Bertz CT molecular complexity index is 572. The van der Waals surface area contributed by atoms with Gasteiger partial charge < -0.3 is 5.11 Å². The van der Waals surface area contributed by atoms with Crippen molar-refractivity contribution in [3.63, 3.8) is 0 Å². The van der Waals surface area contributed by atoms with Crippen molar-refractivity contribution >= 4 is 27.6 Å². The van der Waals surface area contributed by atoms with Gasteiger partial charge in [0.1, 0.15) is 4.90 Å². The van der Waals surface area contributed by atoms with E-state index in [-0.39, 0.29) is 23.0 Å². The molecular formula is C11H12ClNO4S. The number of hydrogen-bond acceptors (Lipinski definition) is 3. The highest BCUT2D eigenvalue weighted by Crippen LogP contribution is 2.28. The molecule has 18 heavy (non-hydrogen) atoms. The van der Waals surface area contributed by atoms with Gasteiger partial charge in [-0.1, -0.05) is 23.7 Å². The van der Waals surface area contributed by atoms with Crippen molar-refractivity contribution in [2.24, 2.45) is 5.92 Å². The average Bonchev–Trinajstić information content (AvgIpc) is 2.79. The number of sulfonamides is 1. The Kier molecular flexibility index (Phi) is 3.61. The van der Waals surface area contributed by atoms with E-state index in [0.29, 0.717) is 6.42 Å². The number of carbonyl (C=O) groups is 1. The fourth-order valence-electron chi connectivity index (χ4n) is 1.94. The van der Waals surface area contributed by atoms with Crippen LogP contribution >= 0.6 is 11.6 Å². The quantitative estimate of drug-likeness (QED) is 0.913. The van der Waals surface area contributed by atoms with E-state index in [1.54, 1.807) is 12.1 Å². The summed E-state index contributed by atoms with van der Waals surface area (Å²) in [5.41, 5.74) is 0. The van der Waals surface area contributed by atoms with Crippen LogP contribution in [0.2, 0.25) is 5.02 Å². The zero-order valence-electron chi connectivity index (χ0n) is 9.41. The number of rotatable bonds is 3. The molecule has 0 saturated carbocycles. The van der Waals surface area contributed by atoms with Crippen LogP contribution < -0.4 is 0 Å². The van der Waals surface area contributed by atoms with Gasteiger partial charge in [0.05, 0.1) is 10.9 Å². The summed E-state index contributed by atoms with van der Waals surface area (Å²) in [4.78, 5) is 10.9. The molecule has 0 aliphatic carbocycles. The second-order valence-corrected chi connectivity index (χ2v) is 6.43. The fraction of sp³-hybridized carbons (Fsp3) is 0.364. The van der Waals surface area contributed by atoms with E-state index in [2.05, 4.69) is 0 Å². The maximum Gasteiger partial charge on any atom is 0.307 e. The monoisotopic (exact) mass is 289 g/mol. The number of carboxylic acid groups (broad SMARTS) is 1. The fourth-order valence-corrected chi connectivity index (χ4v) is 3.93. The minimum Gasteiger partial charge on any atom is -0.481 e. The summed E-state index contributed by atoms with van der Waals surface area (Å²) in [5, 5.41) is 9.02. The standard InChI is InChI=1S/C11H12ClNO4S/c12-9-3-1-2-4-10(9)18(16,17)13-6-5-8(7-13)11(14)15/h1-4,8H,5-7H2,(H,14,15)/t8-/m1/s1. The van der Waals surface area contributed by atoms with Gasteiger partial charge in [0, 0.05) is 13.1 Å². The Balaban J connectivity index is 2.29. The topological polar surface area (TPSA) is 74.7 Å². The van der Waals surface area contributed by atoms with E-state index in [1.807, 2.05) is 0 Å². The Labute approximate surface area is 110 Å². The van der Waals surface area contributed by atoms with Crippen LogP contribution in [0.15, 0.2) is 29.2 Å². The van der Waals surface area contributed by atoms with Crippen LogP contribution in [0, 0.1) is 5.92 Å². The highest BCUT2D eigenvalue weighted by molar-refractivity contribution is 7.89. The molecule has 0 radical (unpaired) electrons. The van der Waals surface area contributed by atoms with Crippen LogP contribution in [0.3, 0.4) is 0 Å². The minimum atomic E-state index is -3.70. The average molecular weight is 290 g/mol. The third-order valence-corrected chi connectivity index (χ3v) is 5.32. The number of carboxylic acids is 1. The lowest BCUT2D eigenvalue weighted by Gasteiger charge is -2.16. The van der Waals surface area contributed by atoms with Crippen molar-refractivity contribution in [1.29, 1.82) is 0 Å². The number of aliphatic carboxylic acids is 1. The van der Waals surface area contributed by atoms with Crippen molar-refractivity contribution in [2.75, 3.05) is 13.1 Å². The van der Waals surface area contributed by atoms with Crippen LogP contribution in [-0.4, -0.2) is 36.9 Å². The molecule has 1 saturated heterocycles. The van der Waals surface area contributed by atoms with Crippen LogP contribution in [0.4, 0.5) is 0 Å². The molecule has 0 amide bonds. The van der Waals surface area contributed by atoms with Gasteiger partial charge in [-0.2, -0.15) is 4.31 Å². The third kappa shape index (κ3) is 2.36. The van der Waals surface area contributed by atoms with E-state index in [9.17, 15) is 13.2 Å². The molecule has 0 aromatic heterocycles. The molecule has 1 aliphatic rings. The molecule has 0 spiro atoms. The van der Waals surface area contributed by atoms with E-state index in [4.69, 9.17) is 16.7 Å². The molecule has 1 aliphatic heterocycles. The highest BCUT2D eigenvalue weighted by atomic mass is 35.5. The maximum atomic E-state index is 12.3. The van der Waals surface area contributed by atoms with Gasteiger partial charge in [-0.25, -0.2) is 8.42 Å². The van der Waals surface area contributed by atoms with Gasteiger partial charge in [-0.05, 0) is 18.6 Å². The van der Waals surface area contributed by atoms with Gasteiger partial charge in [0.25, 0.3) is 0 Å². The van der Waals surface area contributed by atoms with Crippen molar-refractivity contribution < 1.29 is 18.3 Å². The first kappa shape index (κ1) is 13.3. The molecule has 98 valence electrons. The Morgan fingerprint density at radius 3 is 2.61 bits per heavy atom. The Morgan fingerprint density at radius 2 is 2.06 bits per heavy atom. The van der Waals surface area contributed by atoms with Crippen LogP contribution in [0.25, 0.3) is 0 Å². The molecule has 0 bridgehead atoms. The lowest BCUT2D eigenvalue weighted by atomic mass is 10.1. The van der Waals surface area contributed by atoms with Gasteiger partial charge in [-0.3, -0.25) is 4.79 Å². The first-order chi connectivity index (χ1) is 8.43. The summed E-state index contributed by atoms with van der Waals surface area (Å²) >= 11 is 5.86. The molecule has 1 aromatic carbocycles. The second kappa shape index (κ2) is 4.87. The Hall–Kier alpha value is -1.11.